The van der Waals surface area contributed by atoms with E-state index in [0.29, 0.717) is 0 Å². The first-order valence-electron chi connectivity index (χ1n) is 11.5. The molecule has 1 aliphatic carbocycles. The first-order chi connectivity index (χ1) is 15.4. The second kappa shape index (κ2) is 6.80. The third-order valence-electron chi connectivity index (χ3n) is 7.43. The molecule has 0 aliphatic heterocycles. The summed E-state index contributed by atoms with van der Waals surface area (Å²) in [4.78, 5) is 0. The summed E-state index contributed by atoms with van der Waals surface area (Å²) < 4.78 is 2.82. The highest BCUT2D eigenvalue weighted by molar-refractivity contribution is 7.26. The van der Waals surface area contributed by atoms with Gasteiger partial charge in [-0.15, -0.1) is 11.3 Å². The van der Waals surface area contributed by atoms with Crippen LogP contribution in [0.2, 0.25) is 0 Å². The lowest BCUT2D eigenvalue weighted by Gasteiger charge is -2.27. The van der Waals surface area contributed by atoms with Crippen molar-refractivity contribution in [2.75, 3.05) is 0 Å². The Bertz CT molecular complexity index is 1500. The lowest BCUT2D eigenvalue weighted by molar-refractivity contribution is 0.526. The van der Waals surface area contributed by atoms with Gasteiger partial charge in [0.15, 0.2) is 0 Å². The van der Waals surface area contributed by atoms with Crippen molar-refractivity contribution in [2.24, 2.45) is 0 Å². The molecule has 0 nitrogen and oxygen atoms in total. The molecule has 1 aliphatic rings. The van der Waals surface area contributed by atoms with Crippen LogP contribution in [-0.2, 0) is 17.3 Å². The monoisotopic (exact) mass is 432 g/mol. The van der Waals surface area contributed by atoms with Crippen molar-refractivity contribution in [1.29, 1.82) is 0 Å². The zero-order chi connectivity index (χ0) is 22.1. The average Bonchev–Trinajstić information content (AvgIpc) is 3.27. The summed E-state index contributed by atoms with van der Waals surface area (Å²) in [7, 11) is 0. The van der Waals surface area contributed by atoms with Gasteiger partial charge in [0.05, 0.1) is 0 Å². The van der Waals surface area contributed by atoms with Crippen LogP contribution in [-0.4, -0.2) is 0 Å². The topological polar surface area (TPSA) is 0 Å². The third kappa shape index (κ3) is 2.81. The van der Waals surface area contributed by atoms with E-state index in [9.17, 15) is 0 Å². The van der Waals surface area contributed by atoms with Gasteiger partial charge in [-0.05, 0) is 51.3 Å². The average molecular weight is 433 g/mol. The summed E-state index contributed by atoms with van der Waals surface area (Å²) in [5.41, 5.74) is 8.69. The molecule has 0 fully saturated rings. The van der Waals surface area contributed by atoms with E-state index in [0.717, 1.165) is 6.42 Å². The lowest BCUT2D eigenvalue weighted by Crippen LogP contribution is -2.21. The summed E-state index contributed by atoms with van der Waals surface area (Å²) in [6, 6.07) is 31.7. The van der Waals surface area contributed by atoms with E-state index in [1.807, 2.05) is 11.3 Å². The van der Waals surface area contributed by atoms with Gasteiger partial charge < -0.3 is 0 Å². The fraction of sp³-hybridized carbons (Fsp3) is 0.226. The van der Waals surface area contributed by atoms with Crippen molar-refractivity contribution in [2.45, 2.75) is 44.9 Å². The van der Waals surface area contributed by atoms with Crippen LogP contribution in [0.5, 0.6) is 0 Å². The van der Waals surface area contributed by atoms with Crippen molar-refractivity contribution in [1.82, 2.24) is 0 Å². The molecule has 5 aromatic rings. The van der Waals surface area contributed by atoms with Crippen LogP contribution in [0, 0.1) is 0 Å². The molecule has 0 amide bonds. The summed E-state index contributed by atoms with van der Waals surface area (Å²) in [5.74, 6) is 0. The highest BCUT2D eigenvalue weighted by Crippen LogP contribution is 2.49. The molecule has 32 heavy (non-hydrogen) atoms. The zero-order valence-electron chi connectivity index (χ0n) is 19.2. The maximum Gasteiger partial charge on any atom is 0.0392 e. The zero-order valence-corrected chi connectivity index (χ0v) is 20.0. The van der Waals surface area contributed by atoms with Gasteiger partial charge >= 0.3 is 0 Å². The minimum atomic E-state index is 0.0459. The minimum absolute atomic E-state index is 0.0459. The molecule has 0 saturated carbocycles. The van der Waals surface area contributed by atoms with E-state index in [1.54, 1.807) is 0 Å². The molecule has 1 heterocycles. The van der Waals surface area contributed by atoms with E-state index in [-0.39, 0.29) is 10.8 Å². The minimum Gasteiger partial charge on any atom is -0.135 e. The van der Waals surface area contributed by atoms with Gasteiger partial charge in [-0.1, -0.05) is 107 Å². The Labute approximate surface area is 194 Å². The predicted octanol–water partition coefficient (Wildman–Crippen LogP) is 8.88. The molecule has 6 rings (SSSR count). The van der Waals surface area contributed by atoms with Crippen LogP contribution in [0.3, 0.4) is 0 Å². The fourth-order valence-electron chi connectivity index (χ4n) is 5.75. The Morgan fingerprint density at radius 3 is 2.31 bits per heavy atom. The number of thiophene rings is 1. The van der Waals surface area contributed by atoms with E-state index >= 15 is 0 Å². The number of hydrogen-bond acceptors (Lipinski definition) is 1. The van der Waals surface area contributed by atoms with Crippen LogP contribution in [0.25, 0.3) is 31.3 Å². The quantitative estimate of drug-likeness (QED) is 0.267. The molecule has 0 unspecified atom stereocenters. The van der Waals surface area contributed by atoms with Gasteiger partial charge in [-0.25, -0.2) is 0 Å². The van der Waals surface area contributed by atoms with E-state index in [2.05, 4.69) is 113 Å². The molecule has 0 radical (unpaired) electrons. The highest BCUT2D eigenvalue weighted by Gasteiger charge is 2.35. The van der Waals surface area contributed by atoms with Crippen molar-refractivity contribution in [3.63, 3.8) is 0 Å². The van der Waals surface area contributed by atoms with E-state index in [4.69, 9.17) is 0 Å². The molecular weight excluding hydrogens is 404 g/mol. The molecule has 4 aromatic carbocycles. The van der Waals surface area contributed by atoms with Gasteiger partial charge in [-0.3, -0.25) is 0 Å². The maximum atomic E-state index is 2.47. The van der Waals surface area contributed by atoms with Gasteiger partial charge in [0.2, 0.25) is 0 Å². The van der Waals surface area contributed by atoms with Gasteiger partial charge in [-0.2, -0.15) is 0 Å². The molecule has 158 valence electrons. The fourth-order valence-corrected chi connectivity index (χ4v) is 7.14. The van der Waals surface area contributed by atoms with Crippen LogP contribution < -0.4 is 0 Å². The molecule has 0 spiro atoms. The van der Waals surface area contributed by atoms with E-state index < -0.39 is 0 Å². The largest absolute Gasteiger partial charge is 0.135 e. The summed E-state index contributed by atoms with van der Waals surface area (Å²) >= 11 is 1.94. The Hall–Kier alpha value is -2.90. The van der Waals surface area contributed by atoms with Crippen LogP contribution >= 0.6 is 11.3 Å². The van der Waals surface area contributed by atoms with Crippen LogP contribution in [0.1, 0.15) is 49.9 Å². The van der Waals surface area contributed by atoms with Crippen molar-refractivity contribution in [3.05, 3.63) is 107 Å². The summed E-state index contributed by atoms with van der Waals surface area (Å²) in [6.45, 7) is 9.54. The standard InChI is InChI=1S/C31H28S/c1-30(2,26-14-9-12-24-23-11-6-8-15-28(23)32-29(24)26)19-20-16-17-22-21-10-5-7-13-25(21)31(3,4)27(22)18-20/h5-18H,19H2,1-4H3. The summed E-state index contributed by atoms with van der Waals surface area (Å²) in [6.07, 6.45) is 1.03. The van der Waals surface area contributed by atoms with Crippen molar-refractivity contribution in [3.8, 4) is 11.1 Å². The Morgan fingerprint density at radius 2 is 1.44 bits per heavy atom. The van der Waals surface area contributed by atoms with Gasteiger partial charge in [0, 0.05) is 25.6 Å². The lowest BCUT2D eigenvalue weighted by atomic mass is 9.77. The third-order valence-corrected chi connectivity index (χ3v) is 8.65. The Morgan fingerprint density at radius 1 is 0.719 bits per heavy atom. The highest BCUT2D eigenvalue weighted by atomic mass is 32.1. The SMILES string of the molecule is CC(C)(Cc1ccc2c(c1)C(C)(C)c1ccccc1-2)c1cccc2c1sc1ccccc12. The number of rotatable bonds is 3. The maximum absolute atomic E-state index is 2.47. The summed E-state index contributed by atoms with van der Waals surface area (Å²) in [5, 5.41) is 2.77. The number of benzene rings is 4. The van der Waals surface area contributed by atoms with Crippen molar-refractivity contribution >= 4 is 31.5 Å². The predicted molar refractivity (Wildman–Crippen MR) is 140 cm³/mol. The van der Waals surface area contributed by atoms with Crippen LogP contribution in [0.4, 0.5) is 0 Å². The Balaban J connectivity index is 1.43. The molecule has 0 saturated heterocycles. The Kier molecular flexibility index (Phi) is 4.20. The van der Waals surface area contributed by atoms with Crippen molar-refractivity contribution < 1.29 is 0 Å². The molecule has 0 bridgehead atoms. The molecular formula is C31H28S. The molecule has 1 aromatic heterocycles. The smallest absolute Gasteiger partial charge is 0.0392 e. The first-order valence-corrected chi connectivity index (χ1v) is 12.3. The van der Waals surface area contributed by atoms with Gasteiger partial charge in [0.1, 0.15) is 0 Å². The van der Waals surface area contributed by atoms with E-state index in [1.165, 1.54) is 53.6 Å². The van der Waals surface area contributed by atoms with Gasteiger partial charge in [0.25, 0.3) is 0 Å². The number of hydrogen-bond donors (Lipinski definition) is 0. The second-order valence-electron chi connectivity index (χ2n) is 10.4. The normalized spacial score (nSPS) is 14.6. The van der Waals surface area contributed by atoms with Crippen LogP contribution in [0.15, 0.2) is 84.9 Å². The molecule has 0 atom stereocenters. The number of fused-ring (bicyclic) bond motifs is 6. The molecule has 1 heteroatoms. The molecule has 0 N–H and O–H groups in total. The second-order valence-corrected chi connectivity index (χ2v) is 11.4. The first kappa shape index (κ1) is 19.8.